The van der Waals surface area contributed by atoms with Gasteiger partial charge in [0, 0.05) is 12.3 Å². The Labute approximate surface area is 239 Å². The average molecular weight is 572 g/mol. The van der Waals surface area contributed by atoms with Crippen molar-refractivity contribution in [1.82, 2.24) is 5.32 Å². The molecule has 41 heavy (non-hydrogen) atoms. The quantitative estimate of drug-likeness (QED) is 0.205. The van der Waals surface area contributed by atoms with E-state index < -0.39 is 28.2 Å². The Balaban J connectivity index is 1.29. The van der Waals surface area contributed by atoms with Gasteiger partial charge in [0.1, 0.15) is 25.0 Å². The van der Waals surface area contributed by atoms with Crippen molar-refractivity contribution in [3.8, 4) is 16.9 Å². The molecule has 0 aromatic heterocycles. The Morgan fingerprint density at radius 3 is 2.05 bits per heavy atom. The van der Waals surface area contributed by atoms with Crippen LogP contribution in [0.3, 0.4) is 0 Å². The van der Waals surface area contributed by atoms with Crippen molar-refractivity contribution in [3.05, 3.63) is 125 Å². The number of esters is 1. The lowest BCUT2D eigenvalue weighted by molar-refractivity contribution is -0.147. The predicted molar refractivity (Wildman–Crippen MR) is 154 cm³/mol. The number of fused-ring (bicyclic) bond motifs is 3. The molecule has 0 saturated heterocycles. The van der Waals surface area contributed by atoms with Crippen LogP contribution in [0.2, 0.25) is 0 Å². The summed E-state index contributed by atoms with van der Waals surface area (Å²) in [5.74, 6) is -0.694. The first-order valence-electron chi connectivity index (χ1n) is 13.1. The molecule has 0 spiro atoms. The second kappa shape index (κ2) is 12.3. The zero-order valence-corrected chi connectivity index (χ0v) is 23.2. The molecule has 0 bridgehead atoms. The van der Waals surface area contributed by atoms with Crippen molar-refractivity contribution in [2.24, 2.45) is 0 Å². The zero-order valence-electron chi connectivity index (χ0n) is 22.4. The number of nitrogens with one attached hydrogen (secondary N) is 1. The fraction of sp³-hybridized carbons (Fsp3) is 0.188. The Hall–Kier alpha value is -4.63. The monoisotopic (exact) mass is 571 g/mol. The predicted octanol–water partition coefficient (Wildman–Crippen LogP) is 5.22. The van der Waals surface area contributed by atoms with Gasteiger partial charge < -0.3 is 19.0 Å². The highest BCUT2D eigenvalue weighted by atomic mass is 32.2. The summed E-state index contributed by atoms with van der Waals surface area (Å²) in [4.78, 5) is 26.2. The molecule has 0 unspecified atom stereocenters. The van der Waals surface area contributed by atoms with E-state index in [-0.39, 0.29) is 31.3 Å². The molecular weight excluding hydrogens is 542 g/mol. The second-order valence-electron chi connectivity index (χ2n) is 9.75. The van der Waals surface area contributed by atoms with E-state index in [0.717, 1.165) is 34.1 Å². The van der Waals surface area contributed by atoms with Gasteiger partial charge in [-0.3, -0.25) is 0 Å². The van der Waals surface area contributed by atoms with E-state index >= 15 is 0 Å². The maximum atomic E-state index is 13.1. The van der Waals surface area contributed by atoms with Crippen LogP contribution in [-0.4, -0.2) is 39.4 Å². The van der Waals surface area contributed by atoms with Gasteiger partial charge in [0.05, 0.1) is 6.26 Å². The minimum absolute atomic E-state index is 0.0266. The third-order valence-corrected chi connectivity index (χ3v) is 7.23. The number of benzene rings is 4. The largest absolute Gasteiger partial charge is 0.459 e. The van der Waals surface area contributed by atoms with Crippen LogP contribution in [-0.2, 0) is 37.4 Å². The highest BCUT2D eigenvalue weighted by Gasteiger charge is 2.30. The van der Waals surface area contributed by atoms with E-state index in [9.17, 15) is 18.0 Å². The van der Waals surface area contributed by atoms with Crippen molar-refractivity contribution in [2.45, 2.75) is 25.0 Å². The molecule has 8 nitrogen and oxygen atoms in total. The molecule has 0 aliphatic heterocycles. The maximum Gasteiger partial charge on any atom is 0.407 e. The standard InChI is InChI=1S/C32H29NO7S/c1-41(36,37)40-24-13-9-12-23(18-24)19-30(31(34)38-20-22-10-3-2-4-11-22)33-32(35)39-21-29-27-16-7-5-14-25(27)26-15-6-8-17-28(26)29/h2-18,29-30H,19-21H2,1H3,(H,33,35)/t30-/m0/s1. The number of ether oxygens (including phenoxy) is 2. The Morgan fingerprint density at radius 2 is 1.39 bits per heavy atom. The van der Waals surface area contributed by atoms with Gasteiger partial charge in [-0.15, -0.1) is 0 Å². The lowest BCUT2D eigenvalue weighted by atomic mass is 9.98. The zero-order chi connectivity index (χ0) is 28.8. The number of rotatable bonds is 10. The summed E-state index contributed by atoms with van der Waals surface area (Å²) in [7, 11) is -3.74. The molecule has 1 aliphatic rings. The SMILES string of the molecule is CS(=O)(=O)Oc1cccc(C[C@H](NC(=O)OCC2c3ccccc3-c3ccccc32)C(=O)OCc2ccccc2)c1. The van der Waals surface area contributed by atoms with E-state index in [2.05, 4.69) is 17.4 Å². The van der Waals surface area contributed by atoms with Gasteiger partial charge >= 0.3 is 22.2 Å². The van der Waals surface area contributed by atoms with E-state index in [1.54, 1.807) is 12.1 Å². The van der Waals surface area contributed by atoms with Crippen molar-refractivity contribution >= 4 is 22.2 Å². The molecular formula is C32H29NO7S. The molecule has 0 heterocycles. The van der Waals surface area contributed by atoms with Crippen LogP contribution in [0.5, 0.6) is 5.75 Å². The first kappa shape index (κ1) is 27.9. The summed E-state index contributed by atoms with van der Waals surface area (Å²) in [6, 6.07) is 30.4. The topological polar surface area (TPSA) is 108 Å². The molecule has 4 aromatic rings. The van der Waals surface area contributed by atoms with Crippen LogP contribution < -0.4 is 9.50 Å². The minimum Gasteiger partial charge on any atom is -0.459 e. The number of amides is 1. The maximum absolute atomic E-state index is 13.1. The summed E-state index contributed by atoms with van der Waals surface area (Å²) < 4.78 is 39.3. The van der Waals surface area contributed by atoms with E-state index in [4.69, 9.17) is 13.7 Å². The highest BCUT2D eigenvalue weighted by molar-refractivity contribution is 7.86. The smallest absolute Gasteiger partial charge is 0.407 e. The number of alkyl carbamates (subject to hydrolysis) is 1. The van der Waals surface area contributed by atoms with E-state index in [0.29, 0.717) is 5.56 Å². The van der Waals surface area contributed by atoms with Crippen LogP contribution in [0.4, 0.5) is 4.79 Å². The first-order chi connectivity index (χ1) is 19.8. The molecule has 0 radical (unpaired) electrons. The Bertz CT molecular complexity index is 1610. The normalized spacial score (nSPS) is 13.0. The number of carbonyl (C=O) groups is 2. The van der Waals surface area contributed by atoms with Gasteiger partial charge in [-0.1, -0.05) is 91.0 Å². The van der Waals surface area contributed by atoms with Crippen molar-refractivity contribution in [2.75, 3.05) is 12.9 Å². The van der Waals surface area contributed by atoms with Gasteiger partial charge in [-0.2, -0.15) is 8.42 Å². The lowest BCUT2D eigenvalue weighted by Gasteiger charge is -2.19. The van der Waals surface area contributed by atoms with E-state index in [1.807, 2.05) is 66.7 Å². The fourth-order valence-electron chi connectivity index (χ4n) is 4.94. The summed E-state index contributed by atoms with van der Waals surface area (Å²) in [5.41, 5.74) is 5.72. The molecule has 1 N–H and O–H groups in total. The lowest BCUT2D eigenvalue weighted by Crippen LogP contribution is -2.43. The van der Waals surface area contributed by atoms with Gasteiger partial charge in [-0.25, -0.2) is 9.59 Å². The third kappa shape index (κ3) is 7.12. The van der Waals surface area contributed by atoms with Crippen LogP contribution in [0.1, 0.15) is 28.2 Å². The summed E-state index contributed by atoms with van der Waals surface area (Å²) in [6.07, 6.45) is 0.207. The molecule has 1 atom stereocenters. The molecule has 0 saturated carbocycles. The van der Waals surface area contributed by atoms with Gasteiger partial charge in [0.25, 0.3) is 0 Å². The number of carbonyl (C=O) groups excluding carboxylic acids is 2. The number of hydrogen-bond donors (Lipinski definition) is 1. The first-order valence-corrected chi connectivity index (χ1v) is 14.9. The summed E-state index contributed by atoms with van der Waals surface area (Å²) in [5, 5.41) is 2.65. The number of hydrogen-bond acceptors (Lipinski definition) is 7. The molecule has 1 amide bonds. The molecule has 1 aliphatic carbocycles. The van der Waals surface area contributed by atoms with E-state index in [1.165, 1.54) is 12.1 Å². The Kier molecular flexibility index (Phi) is 8.35. The average Bonchev–Trinajstić information content (AvgIpc) is 3.28. The van der Waals surface area contributed by atoms with Gasteiger partial charge in [0.15, 0.2) is 0 Å². The van der Waals surface area contributed by atoms with Crippen LogP contribution in [0.25, 0.3) is 11.1 Å². The third-order valence-electron chi connectivity index (χ3n) is 6.73. The summed E-state index contributed by atoms with van der Waals surface area (Å²) in [6.45, 7) is 0.114. The van der Waals surface area contributed by atoms with Crippen LogP contribution >= 0.6 is 0 Å². The molecule has 210 valence electrons. The van der Waals surface area contributed by atoms with Crippen molar-refractivity contribution in [1.29, 1.82) is 0 Å². The minimum atomic E-state index is -3.74. The molecule has 0 fully saturated rings. The summed E-state index contributed by atoms with van der Waals surface area (Å²) >= 11 is 0. The molecule has 9 heteroatoms. The van der Waals surface area contributed by atoms with Crippen LogP contribution in [0.15, 0.2) is 103 Å². The Morgan fingerprint density at radius 1 is 0.780 bits per heavy atom. The fourth-order valence-corrected chi connectivity index (χ4v) is 5.39. The second-order valence-corrected chi connectivity index (χ2v) is 11.3. The molecule has 4 aromatic carbocycles. The van der Waals surface area contributed by atoms with Crippen LogP contribution in [0, 0.1) is 0 Å². The van der Waals surface area contributed by atoms with Crippen molar-refractivity contribution in [3.63, 3.8) is 0 Å². The van der Waals surface area contributed by atoms with Gasteiger partial charge in [0.2, 0.25) is 0 Å². The highest BCUT2D eigenvalue weighted by Crippen LogP contribution is 2.44. The molecule has 5 rings (SSSR count). The van der Waals surface area contributed by atoms with Crippen molar-refractivity contribution < 1.29 is 31.7 Å². The van der Waals surface area contributed by atoms with Gasteiger partial charge in [-0.05, 0) is 45.5 Å².